The highest BCUT2D eigenvalue weighted by Crippen LogP contribution is 2.37. The minimum Gasteiger partial charge on any atom is -0.460 e. The predicted octanol–water partition coefficient (Wildman–Crippen LogP) is 7.28. The van der Waals surface area contributed by atoms with Crippen molar-refractivity contribution >= 4 is 17.3 Å². The summed E-state index contributed by atoms with van der Waals surface area (Å²) in [5, 5.41) is 3.16. The van der Waals surface area contributed by atoms with Crippen LogP contribution in [0.1, 0.15) is 60.1 Å². The molecule has 0 radical (unpaired) electrons. The Kier molecular flexibility index (Phi) is 7.78. The average molecular weight is 566 g/mol. The molecular weight excluding hydrogens is 536 g/mol. The number of hydrogen-bond acceptors (Lipinski definition) is 6. The van der Waals surface area contributed by atoms with Crippen molar-refractivity contribution in [3.05, 3.63) is 64.5 Å². The molecule has 1 aliphatic carbocycles. The van der Waals surface area contributed by atoms with Crippen molar-refractivity contribution in [1.29, 1.82) is 0 Å². The summed E-state index contributed by atoms with van der Waals surface area (Å²) < 4.78 is 86.9. The summed E-state index contributed by atoms with van der Waals surface area (Å²) in [6.07, 6.45) is -2.19. The lowest BCUT2D eigenvalue weighted by Crippen LogP contribution is -2.29. The highest BCUT2D eigenvalue weighted by molar-refractivity contribution is 5.65. The van der Waals surface area contributed by atoms with E-state index in [0.29, 0.717) is 41.2 Å². The van der Waals surface area contributed by atoms with Crippen LogP contribution >= 0.6 is 0 Å². The molecule has 0 spiro atoms. The molecule has 1 fully saturated rings. The molecule has 5 rings (SSSR count). The number of ether oxygens (including phenoxy) is 1. The Balaban J connectivity index is 1.48. The molecule has 12 heteroatoms. The molecule has 1 saturated carbocycles. The standard InChI is InChI=1S/C28H29F6N5O/c1-17-16-18(27(29,30)31)9-10-22(17)36-24-20-11-14-39(25-21(28(32,33)34)8-5-13-35-25)15-12-23(20)37-26(38-24)40-19-6-3-2-4-7-19/h5,8-10,13,16,19H,2-4,6-7,11-12,14-15H2,1H3,(H,36,37,38). The van der Waals surface area contributed by atoms with E-state index in [1.165, 1.54) is 18.3 Å². The molecule has 40 heavy (non-hydrogen) atoms. The lowest BCUT2D eigenvalue weighted by atomic mass is 9.98. The van der Waals surface area contributed by atoms with Crippen molar-refractivity contribution in [2.45, 2.75) is 70.3 Å². The van der Waals surface area contributed by atoms with Crippen LogP contribution in [0.3, 0.4) is 0 Å². The third-order valence-electron chi connectivity index (χ3n) is 7.35. The van der Waals surface area contributed by atoms with Gasteiger partial charge in [0.2, 0.25) is 0 Å². The monoisotopic (exact) mass is 565 g/mol. The lowest BCUT2D eigenvalue weighted by Gasteiger charge is -2.24. The van der Waals surface area contributed by atoms with Gasteiger partial charge in [-0.3, -0.25) is 0 Å². The number of anilines is 3. The van der Waals surface area contributed by atoms with E-state index in [1.54, 1.807) is 11.8 Å². The molecule has 3 heterocycles. The zero-order chi connectivity index (χ0) is 28.5. The van der Waals surface area contributed by atoms with E-state index in [2.05, 4.69) is 20.3 Å². The molecule has 214 valence electrons. The normalized spacial score (nSPS) is 16.8. The van der Waals surface area contributed by atoms with Gasteiger partial charge in [-0.15, -0.1) is 0 Å². The summed E-state index contributed by atoms with van der Waals surface area (Å²) in [6.45, 7) is 2.03. The molecule has 2 aliphatic rings. The van der Waals surface area contributed by atoms with Gasteiger partial charge < -0.3 is 15.0 Å². The zero-order valence-electron chi connectivity index (χ0n) is 21.9. The van der Waals surface area contributed by atoms with E-state index in [1.807, 2.05) is 0 Å². The summed E-state index contributed by atoms with van der Waals surface area (Å²) in [4.78, 5) is 14.9. The third kappa shape index (κ3) is 6.26. The van der Waals surface area contributed by atoms with Crippen molar-refractivity contribution in [2.24, 2.45) is 0 Å². The number of rotatable bonds is 5. The fourth-order valence-corrected chi connectivity index (χ4v) is 5.25. The Labute approximate surface area is 227 Å². The number of nitrogens with zero attached hydrogens (tertiary/aromatic N) is 4. The van der Waals surface area contributed by atoms with Crippen molar-refractivity contribution in [3.63, 3.8) is 0 Å². The van der Waals surface area contributed by atoms with Gasteiger partial charge in [0.15, 0.2) is 0 Å². The highest BCUT2D eigenvalue weighted by Gasteiger charge is 2.36. The lowest BCUT2D eigenvalue weighted by molar-refractivity contribution is -0.138. The Bertz CT molecular complexity index is 1350. The van der Waals surface area contributed by atoms with Gasteiger partial charge in [-0.2, -0.15) is 36.3 Å². The van der Waals surface area contributed by atoms with Gasteiger partial charge in [-0.25, -0.2) is 4.98 Å². The van der Waals surface area contributed by atoms with E-state index in [9.17, 15) is 26.3 Å². The Hall–Kier alpha value is -3.57. The van der Waals surface area contributed by atoms with Crippen LogP contribution in [-0.4, -0.2) is 34.1 Å². The van der Waals surface area contributed by atoms with E-state index < -0.39 is 23.5 Å². The fraction of sp³-hybridized carbons (Fsp3) is 0.464. The number of benzene rings is 1. The van der Waals surface area contributed by atoms with E-state index in [-0.39, 0.29) is 31.0 Å². The van der Waals surface area contributed by atoms with Crippen LogP contribution < -0.4 is 15.0 Å². The molecule has 6 nitrogen and oxygen atoms in total. The van der Waals surface area contributed by atoms with Gasteiger partial charge in [-0.1, -0.05) is 6.42 Å². The van der Waals surface area contributed by atoms with Crippen molar-refractivity contribution in [3.8, 4) is 6.01 Å². The smallest absolute Gasteiger partial charge is 0.419 e. The van der Waals surface area contributed by atoms with Crippen molar-refractivity contribution in [1.82, 2.24) is 15.0 Å². The van der Waals surface area contributed by atoms with Gasteiger partial charge in [0.05, 0.1) is 16.8 Å². The molecule has 0 unspecified atom stereocenters. The van der Waals surface area contributed by atoms with Crippen LogP contribution in [0.5, 0.6) is 6.01 Å². The minimum atomic E-state index is -4.56. The molecule has 3 aromatic rings. The first-order valence-corrected chi connectivity index (χ1v) is 13.3. The van der Waals surface area contributed by atoms with Gasteiger partial charge in [0, 0.05) is 37.0 Å². The summed E-state index contributed by atoms with van der Waals surface area (Å²) in [5.41, 5.74) is 0.539. The number of nitrogens with one attached hydrogen (secondary N) is 1. The molecule has 1 aromatic carbocycles. The molecule has 1 aliphatic heterocycles. The average Bonchev–Trinajstić information content (AvgIpc) is 3.12. The first-order valence-electron chi connectivity index (χ1n) is 13.3. The first kappa shape index (κ1) is 28.0. The fourth-order valence-electron chi connectivity index (χ4n) is 5.25. The summed E-state index contributed by atoms with van der Waals surface area (Å²) in [6, 6.07) is 5.82. The Morgan fingerprint density at radius 1 is 0.925 bits per heavy atom. The quantitative estimate of drug-likeness (QED) is 0.328. The molecule has 0 bridgehead atoms. The molecule has 0 saturated heterocycles. The number of fused-ring (bicyclic) bond motifs is 1. The molecule has 0 atom stereocenters. The molecule has 1 N–H and O–H groups in total. The second-order valence-electron chi connectivity index (χ2n) is 10.2. The second kappa shape index (κ2) is 11.1. The number of aryl methyl sites for hydroxylation is 1. The molecule has 0 amide bonds. The van der Waals surface area contributed by atoms with E-state index in [4.69, 9.17) is 4.74 Å². The highest BCUT2D eigenvalue weighted by atomic mass is 19.4. The Morgan fingerprint density at radius 3 is 2.38 bits per heavy atom. The number of aromatic nitrogens is 3. The number of hydrogen-bond donors (Lipinski definition) is 1. The van der Waals surface area contributed by atoms with Gasteiger partial charge in [0.25, 0.3) is 0 Å². The van der Waals surface area contributed by atoms with Crippen LogP contribution in [0.25, 0.3) is 0 Å². The summed E-state index contributed by atoms with van der Waals surface area (Å²) in [5.74, 6) is 0.222. The number of pyridine rings is 1. The van der Waals surface area contributed by atoms with E-state index in [0.717, 1.165) is 50.3 Å². The first-order chi connectivity index (χ1) is 19.0. The predicted molar refractivity (Wildman–Crippen MR) is 138 cm³/mol. The van der Waals surface area contributed by atoms with Gasteiger partial charge in [-0.05, 0) is 74.9 Å². The van der Waals surface area contributed by atoms with Gasteiger partial charge in [0.1, 0.15) is 17.7 Å². The maximum Gasteiger partial charge on any atom is 0.419 e. The summed E-state index contributed by atoms with van der Waals surface area (Å²) >= 11 is 0. The van der Waals surface area contributed by atoms with E-state index >= 15 is 0 Å². The molecular formula is C28H29F6N5O. The second-order valence-corrected chi connectivity index (χ2v) is 10.2. The number of alkyl halides is 6. The number of halogens is 6. The SMILES string of the molecule is Cc1cc(C(F)(F)F)ccc1Nc1nc(OC2CCCCC2)nc2c1CCN(c1ncccc1C(F)(F)F)CC2. The van der Waals surface area contributed by atoms with Gasteiger partial charge >= 0.3 is 18.4 Å². The van der Waals surface area contributed by atoms with Crippen LogP contribution in [0.4, 0.5) is 43.7 Å². The van der Waals surface area contributed by atoms with Crippen LogP contribution in [0.2, 0.25) is 0 Å². The third-order valence-corrected chi connectivity index (χ3v) is 7.35. The van der Waals surface area contributed by atoms with Crippen molar-refractivity contribution in [2.75, 3.05) is 23.3 Å². The van der Waals surface area contributed by atoms with Crippen molar-refractivity contribution < 1.29 is 31.1 Å². The van der Waals surface area contributed by atoms with Crippen LogP contribution in [-0.2, 0) is 25.2 Å². The Morgan fingerprint density at radius 2 is 1.68 bits per heavy atom. The largest absolute Gasteiger partial charge is 0.460 e. The van der Waals surface area contributed by atoms with Crippen LogP contribution in [0, 0.1) is 6.92 Å². The topological polar surface area (TPSA) is 63.2 Å². The summed E-state index contributed by atoms with van der Waals surface area (Å²) in [7, 11) is 0. The minimum absolute atomic E-state index is 0.0439. The van der Waals surface area contributed by atoms with Crippen LogP contribution in [0.15, 0.2) is 36.5 Å². The molecule has 2 aromatic heterocycles. The maximum absolute atomic E-state index is 13.7. The maximum atomic E-state index is 13.7. The zero-order valence-corrected chi connectivity index (χ0v) is 21.9.